The number of fused-ring (bicyclic) bond motifs is 1. The summed E-state index contributed by atoms with van der Waals surface area (Å²) in [5.41, 5.74) is 0.600. The molecule has 1 N–H and O–H groups in total. The van der Waals surface area contributed by atoms with Crippen molar-refractivity contribution in [3.63, 3.8) is 0 Å². The summed E-state index contributed by atoms with van der Waals surface area (Å²) in [6, 6.07) is 8.94. The van der Waals surface area contributed by atoms with Crippen molar-refractivity contribution in [3.8, 4) is 5.82 Å². The molecule has 0 fully saturated rings. The van der Waals surface area contributed by atoms with Crippen molar-refractivity contribution in [2.75, 3.05) is 0 Å². The number of halogens is 1. The number of benzene rings is 1. The Hall–Kier alpha value is -2.14. The standard InChI is InChI=1S/C11H7ClN4O/c12-11-13-6-5-9(14-11)16-8-4-2-1-3-7(8)10(17)15-16/h1-6H,(H,15,17). The van der Waals surface area contributed by atoms with Crippen LogP contribution in [-0.4, -0.2) is 19.7 Å². The highest BCUT2D eigenvalue weighted by molar-refractivity contribution is 6.28. The van der Waals surface area contributed by atoms with Crippen LogP contribution in [0.1, 0.15) is 0 Å². The fourth-order valence-electron chi connectivity index (χ4n) is 1.71. The van der Waals surface area contributed by atoms with E-state index >= 15 is 0 Å². The van der Waals surface area contributed by atoms with Crippen molar-refractivity contribution in [2.45, 2.75) is 0 Å². The highest BCUT2D eigenvalue weighted by Gasteiger charge is 2.08. The van der Waals surface area contributed by atoms with Gasteiger partial charge in [-0.2, -0.15) is 4.98 Å². The molecule has 0 aliphatic rings. The predicted molar refractivity (Wildman–Crippen MR) is 64.5 cm³/mol. The molecular formula is C11H7ClN4O. The molecule has 0 radical (unpaired) electrons. The molecule has 5 nitrogen and oxygen atoms in total. The van der Waals surface area contributed by atoms with Crippen LogP contribution in [0.15, 0.2) is 41.3 Å². The minimum absolute atomic E-state index is 0.140. The van der Waals surface area contributed by atoms with Crippen LogP contribution in [0.2, 0.25) is 5.28 Å². The van der Waals surface area contributed by atoms with Gasteiger partial charge in [0.1, 0.15) is 0 Å². The second-order valence-electron chi connectivity index (χ2n) is 3.48. The monoisotopic (exact) mass is 246 g/mol. The maximum absolute atomic E-state index is 11.7. The van der Waals surface area contributed by atoms with Gasteiger partial charge >= 0.3 is 0 Å². The first-order valence-electron chi connectivity index (χ1n) is 4.94. The van der Waals surface area contributed by atoms with Gasteiger partial charge in [-0.25, -0.2) is 9.67 Å². The Labute approximate surface area is 101 Å². The van der Waals surface area contributed by atoms with Gasteiger partial charge < -0.3 is 0 Å². The SMILES string of the molecule is O=c1[nH]n(-c2ccnc(Cl)n2)c2ccccc12. The first kappa shape index (κ1) is 10.0. The molecule has 2 heterocycles. The summed E-state index contributed by atoms with van der Waals surface area (Å²) in [5.74, 6) is 0.531. The van der Waals surface area contributed by atoms with E-state index in [1.54, 1.807) is 16.8 Å². The van der Waals surface area contributed by atoms with Crippen LogP contribution >= 0.6 is 11.6 Å². The van der Waals surface area contributed by atoms with Gasteiger partial charge in [0.15, 0.2) is 5.82 Å². The molecule has 84 valence electrons. The molecule has 1 aromatic carbocycles. The lowest BCUT2D eigenvalue weighted by molar-refractivity contribution is 0.851. The van der Waals surface area contributed by atoms with E-state index in [0.717, 1.165) is 5.52 Å². The van der Waals surface area contributed by atoms with Crippen LogP contribution in [0.5, 0.6) is 0 Å². The normalized spacial score (nSPS) is 10.9. The van der Waals surface area contributed by atoms with Crippen molar-refractivity contribution >= 4 is 22.5 Å². The van der Waals surface area contributed by atoms with Gasteiger partial charge in [-0.05, 0) is 23.7 Å². The second kappa shape index (κ2) is 3.71. The van der Waals surface area contributed by atoms with Crippen LogP contribution in [0.25, 0.3) is 16.7 Å². The number of para-hydroxylation sites is 1. The van der Waals surface area contributed by atoms with Gasteiger partial charge in [-0.15, -0.1) is 0 Å². The van der Waals surface area contributed by atoms with E-state index in [2.05, 4.69) is 15.1 Å². The summed E-state index contributed by atoms with van der Waals surface area (Å²) in [6.45, 7) is 0. The molecule has 0 unspecified atom stereocenters. The third kappa shape index (κ3) is 1.60. The lowest BCUT2D eigenvalue weighted by atomic mass is 10.2. The zero-order valence-corrected chi connectivity index (χ0v) is 9.35. The summed E-state index contributed by atoms with van der Waals surface area (Å²) >= 11 is 5.73. The maximum Gasteiger partial charge on any atom is 0.272 e. The minimum Gasteiger partial charge on any atom is -0.267 e. The lowest BCUT2D eigenvalue weighted by Gasteiger charge is -2.02. The topological polar surface area (TPSA) is 63.6 Å². The van der Waals surface area contributed by atoms with Crippen molar-refractivity contribution in [3.05, 3.63) is 52.2 Å². The van der Waals surface area contributed by atoms with Crippen molar-refractivity contribution in [1.82, 2.24) is 19.7 Å². The predicted octanol–water partition coefficient (Wildman–Crippen LogP) is 1.76. The molecule has 2 aromatic heterocycles. The quantitative estimate of drug-likeness (QED) is 0.666. The molecule has 0 aliphatic heterocycles. The molecule has 17 heavy (non-hydrogen) atoms. The van der Waals surface area contributed by atoms with Crippen molar-refractivity contribution in [1.29, 1.82) is 0 Å². The van der Waals surface area contributed by atoms with Gasteiger partial charge in [0, 0.05) is 12.3 Å². The highest BCUT2D eigenvalue weighted by atomic mass is 35.5. The fourth-order valence-corrected chi connectivity index (χ4v) is 1.86. The average Bonchev–Trinajstić information content (AvgIpc) is 2.68. The first-order chi connectivity index (χ1) is 8.25. The number of hydrogen-bond donors (Lipinski definition) is 1. The molecule has 0 aliphatic carbocycles. The van der Waals surface area contributed by atoms with E-state index < -0.39 is 0 Å². The summed E-state index contributed by atoms with van der Waals surface area (Å²) in [6.07, 6.45) is 1.54. The molecule has 3 rings (SSSR count). The van der Waals surface area contributed by atoms with Crippen molar-refractivity contribution < 1.29 is 0 Å². The van der Waals surface area contributed by atoms with E-state index in [4.69, 9.17) is 11.6 Å². The summed E-state index contributed by atoms with van der Waals surface area (Å²) in [4.78, 5) is 19.6. The highest BCUT2D eigenvalue weighted by Crippen LogP contribution is 2.13. The van der Waals surface area contributed by atoms with Gasteiger partial charge in [-0.1, -0.05) is 12.1 Å². The number of rotatable bonds is 1. The first-order valence-corrected chi connectivity index (χ1v) is 5.32. The van der Waals surface area contributed by atoms with Gasteiger partial charge in [0.25, 0.3) is 5.56 Å². The second-order valence-corrected chi connectivity index (χ2v) is 3.82. The fraction of sp³-hybridized carbons (Fsp3) is 0. The molecule has 0 atom stereocenters. The zero-order valence-electron chi connectivity index (χ0n) is 8.59. The Bertz CT molecular complexity index is 746. The number of aromatic amines is 1. The third-order valence-electron chi connectivity index (χ3n) is 2.44. The number of nitrogens with zero attached hydrogens (tertiary/aromatic N) is 3. The lowest BCUT2D eigenvalue weighted by Crippen LogP contribution is -2.05. The molecule has 0 saturated carbocycles. The average molecular weight is 247 g/mol. The van der Waals surface area contributed by atoms with Gasteiger partial charge in [0.05, 0.1) is 10.9 Å². The van der Waals surface area contributed by atoms with Gasteiger partial charge in [-0.3, -0.25) is 9.89 Å². The Morgan fingerprint density at radius 3 is 2.88 bits per heavy atom. The maximum atomic E-state index is 11.7. The Balaban J connectivity index is 2.35. The van der Waals surface area contributed by atoms with Crippen LogP contribution in [0, 0.1) is 0 Å². The molecule has 6 heteroatoms. The van der Waals surface area contributed by atoms with E-state index in [9.17, 15) is 4.79 Å². The van der Waals surface area contributed by atoms with E-state index in [1.165, 1.54) is 6.20 Å². The molecule has 0 bridgehead atoms. The number of nitrogens with one attached hydrogen (secondary N) is 1. The molecule has 0 spiro atoms. The smallest absolute Gasteiger partial charge is 0.267 e. The minimum atomic E-state index is -0.157. The summed E-state index contributed by atoms with van der Waals surface area (Å²) in [7, 11) is 0. The van der Waals surface area contributed by atoms with Crippen LogP contribution < -0.4 is 5.56 Å². The number of H-pyrrole nitrogens is 1. The number of hydrogen-bond acceptors (Lipinski definition) is 3. The van der Waals surface area contributed by atoms with Crippen LogP contribution in [0.4, 0.5) is 0 Å². The van der Waals surface area contributed by atoms with E-state index in [0.29, 0.717) is 11.2 Å². The molecule has 3 aromatic rings. The molecular weight excluding hydrogens is 240 g/mol. The third-order valence-corrected chi connectivity index (χ3v) is 2.63. The summed E-state index contributed by atoms with van der Waals surface area (Å²) < 4.78 is 1.59. The van der Waals surface area contributed by atoms with Crippen molar-refractivity contribution in [2.24, 2.45) is 0 Å². The number of aromatic nitrogens is 4. The molecule has 0 saturated heterocycles. The van der Waals surface area contributed by atoms with E-state index in [1.807, 2.05) is 18.2 Å². The molecule has 0 amide bonds. The Morgan fingerprint density at radius 2 is 2.06 bits per heavy atom. The largest absolute Gasteiger partial charge is 0.272 e. The summed E-state index contributed by atoms with van der Waals surface area (Å²) in [5, 5.41) is 3.46. The van der Waals surface area contributed by atoms with E-state index in [-0.39, 0.29) is 10.8 Å². The zero-order chi connectivity index (χ0) is 11.8. The Morgan fingerprint density at radius 1 is 1.24 bits per heavy atom. The van der Waals surface area contributed by atoms with Gasteiger partial charge in [0.2, 0.25) is 5.28 Å². The van der Waals surface area contributed by atoms with Crippen LogP contribution in [0.3, 0.4) is 0 Å². The Kier molecular flexibility index (Phi) is 2.19. The van der Waals surface area contributed by atoms with Crippen LogP contribution in [-0.2, 0) is 0 Å².